The third-order valence-electron chi connectivity index (χ3n) is 2.45. The van der Waals surface area contributed by atoms with Crippen molar-refractivity contribution in [2.75, 3.05) is 5.88 Å². The highest BCUT2D eigenvalue weighted by molar-refractivity contribution is 6.18. The average molecular weight is 227 g/mol. The molecule has 0 saturated heterocycles. The Kier molecular flexibility index (Phi) is 4.63. The zero-order chi connectivity index (χ0) is 11.3. The summed E-state index contributed by atoms with van der Waals surface area (Å²) in [6.45, 7) is 1.59. The van der Waals surface area contributed by atoms with E-state index in [2.05, 4.69) is 0 Å². The second-order valence-corrected chi connectivity index (χ2v) is 4.03. The van der Waals surface area contributed by atoms with Crippen LogP contribution in [0.25, 0.3) is 0 Å². The maximum Gasteiger partial charge on any atom is 0.133 e. The van der Waals surface area contributed by atoms with Crippen molar-refractivity contribution in [3.63, 3.8) is 0 Å². The standard InChI is InChI=1S/C12H15ClO2/c1-9(14)11(6-7-13)8-10-2-4-12(15)5-3-10/h2-5,11,15H,6-8H2,1H3. The van der Waals surface area contributed by atoms with Crippen molar-refractivity contribution in [3.8, 4) is 5.75 Å². The minimum atomic E-state index is -0.00737. The van der Waals surface area contributed by atoms with E-state index in [1.54, 1.807) is 19.1 Å². The Morgan fingerprint density at radius 3 is 2.47 bits per heavy atom. The van der Waals surface area contributed by atoms with Gasteiger partial charge in [-0.1, -0.05) is 12.1 Å². The van der Waals surface area contributed by atoms with Crippen molar-refractivity contribution in [1.29, 1.82) is 0 Å². The summed E-state index contributed by atoms with van der Waals surface area (Å²) in [7, 11) is 0. The molecule has 0 amide bonds. The predicted molar refractivity (Wildman–Crippen MR) is 61.3 cm³/mol. The van der Waals surface area contributed by atoms with Gasteiger partial charge >= 0.3 is 0 Å². The molecule has 0 bridgehead atoms. The lowest BCUT2D eigenvalue weighted by atomic mass is 9.93. The number of aromatic hydroxyl groups is 1. The van der Waals surface area contributed by atoms with Gasteiger partial charge in [0.2, 0.25) is 0 Å². The molecule has 0 spiro atoms. The van der Waals surface area contributed by atoms with Crippen LogP contribution in [0.4, 0.5) is 0 Å². The van der Waals surface area contributed by atoms with Gasteiger partial charge < -0.3 is 5.11 Å². The molecule has 1 rings (SSSR count). The Balaban J connectivity index is 2.65. The molecule has 0 aromatic heterocycles. The number of carbonyl (C=O) groups is 1. The van der Waals surface area contributed by atoms with E-state index in [1.165, 1.54) is 0 Å². The van der Waals surface area contributed by atoms with Crippen molar-refractivity contribution in [1.82, 2.24) is 0 Å². The van der Waals surface area contributed by atoms with Gasteiger partial charge in [0.05, 0.1) is 0 Å². The minimum absolute atomic E-state index is 0.00737. The van der Waals surface area contributed by atoms with Crippen LogP contribution in [0.15, 0.2) is 24.3 Å². The van der Waals surface area contributed by atoms with Crippen LogP contribution in [0.5, 0.6) is 5.75 Å². The number of rotatable bonds is 5. The van der Waals surface area contributed by atoms with Gasteiger partial charge in [-0.15, -0.1) is 11.6 Å². The second-order valence-electron chi connectivity index (χ2n) is 3.66. The summed E-state index contributed by atoms with van der Waals surface area (Å²) in [5, 5.41) is 9.12. The van der Waals surface area contributed by atoms with E-state index in [-0.39, 0.29) is 17.5 Å². The minimum Gasteiger partial charge on any atom is -0.508 e. The van der Waals surface area contributed by atoms with Gasteiger partial charge in [-0.3, -0.25) is 4.79 Å². The largest absolute Gasteiger partial charge is 0.508 e. The Bertz CT molecular complexity index is 319. The number of hydrogen-bond donors (Lipinski definition) is 1. The van der Waals surface area contributed by atoms with E-state index in [0.29, 0.717) is 18.7 Å². The maximum atomic E-state index is 11.3. The molecule has 15 heavy (non-hydrogen) atoms. The molecule has 0 aliphatic carbocycles. The first-order chi connectivity index (χ1) is 7.13. The highest BCUT2D eigenvalue weighted by Crippen LogP contribution is 2.16. The highest BCUT2D eigenvalue weighted by atomic mass is 35.5. The summed E-state index contributed by atoms with van der Waals surface area (Å²) >= 11 is 5.64. The lowest BCUT2D eigenvalue weighted by Crippen LogP contribution is -2.14. The van der Waals surface area contributed by atoms with E-state index in [9.17, 15) is 4.79 Å². The molecule has 0 heterocycles. The van der Waals surface area contributed by atoms with Gasteiger partial charge in [0.1, 0.15) is 11.5 Å². The van der Waals surface area contributed by atoms with Gasteiger partial charge in [0, 0.05) is 11.8 Å². The number of benzene rings is 1. The molecule has 1 aromatic rings. The monoisotopic (exact) mass is 226 g/mol. The lowest BCUT2D eigenvalue weighted by Gasteiger charge is -2.11. The number of carbonyl (C=O) groups excluding carboxylic acids is 1. The Labute approximate surface area is 94.9 Å². The second kappa shape index (κ2) is 5.76. The summed E-state index contributed by atoms with van der Waals surface area (Å²) < 4.78 is 0. The van der Waals surface area contributed by atoms with E-state index >= 15 is 0 Å². The van der Waals surface area contributed by atoms with Gasteiger partial charge in [-0.25, -0.2) is 0 Å². The van der Waals surface area contributed by atoms with Crippen LogP contribution in [0.3, 0.4) is 0 Å². The number of phenols is 1. The van der Waals surface area contributed by atoms with Crippen LogP contribution in [0.1, 0.15) is 18.9 Å². The third kappa shape index (κ3) is 3.92. The molecule has 1 aromatic carbocycles. The first kappa shape index (κ1) is 12.1. The summed E-state index contributed by atoms with van der Waals surface area (Å²) in [6, 6.07) is 6.93. The predicted octanol–water partition coefficient (Wildman–Crippen LogP) is 2.77. The molecule has 3 heteroatoms. The van der Waals surface area contributed by atoms with Crippen molar-refractivity contribution in [2.45, 2.75) is 19.8 Å². The first-order valence-corrected chi connectivity index (χ1v) is 5.51. The van der Waals surface area contributed by atoms with Gasteiger partial charge in [-0.2, -0.15) is 0 Å². The quantitative estimate of drug-likeness (QED) is 0.784. The molecule has 0 radical (unpaired) electrons. The summed E-state index contributed by atoms with van der Waals surface area (Å²) in [6.07, 6.45) is 1.40. The summed E-state index contributed by atoms with van der Waals surface area (Å²) in [5.41, 5.74) is 1.05. The third-order valence-corrected chi connectivity index (χ3v) is 2.67. The Morgan fingerprint density at radius 2 is 2.00 bits per heavy atom. The van der Waals surface area contributed by atoms with Crippen LogP contribution >= 0.6 is 11.6 Å². The molecule has 2 nitrogen and oxygen atoms in total. The first-order valence-electron chi connectivity index (χ1n) is 4.98. The molecule has 0 aliphatic heterocycles. The molecule has 1 unspecified atom stereocenters. The van der Waals surface area contributed by atoms with Crippen molar-refractivity contribution >= 4 is 17.4 Å². The molecule has 1 atom stereocenters. The number of hydrogen-bond acceptors (Lipinski definition) is 2. The van der Waals surface area contributed by atoms with Crippen LogP contribution in [0.2, 0.25) is 0 Å². The fourth-order valence-corrected chi connectivity index (χ4v) is 1.76. The number of Topliss-reactive ketones (excluding diaryl/α,β-unsaturated/α-hetero) is 1. The van der Waals surface area contributed by atoms with E-state index in [0.717, 1.165) is 5.56 Å². The van der Waals surface area contributed by atoms with Gasteiger partial charge in [0.25, 0.3) is 0 Å². The smallest absolute Gasteiger partial charge is 0.133 e. The molecule has 82 valence electrons. The number of phenolic OH excluding ortho intramolecular Hbond substituents is 1. The summed E-state index contributed by atoms with van der Waals surface area (Å²) in [5.74, 6) is 0.911. The fraction of sp³-hybridized carbons (Fsp3) is 0.417. The Morgan fingerprint density at radius 1 is 1.40 bits per heavy atom. The van der Waals surface area contributed by atoms with Crippen molar-refractivity contribution < 1.29 is 9.90 Å². The van der Waals surface area contributed by atoms with Crippen LogP contribution in [-0.4, -0.2) is 16.8 Å². The molecule has 0 fully saturated rings. The van der Waals surface area contributed by atoms with Crippen molar-refractivity contribution in [3.05, 3.63) is 29.8 Å². The number of ketones is 1. The molecule has 0 aliphatic rings. The maximum absolute atomic E-state index is 11.3. The molecular weight excluding hydrogens is 212 g/mol. The van der Waals surface area contributed by atoms with Gasteiger partial charge in [0.15, 0.2) is 0 Å². The Hall–Kier alpha value is -1.02. The number of halogens is 1. The van der Waals surface area contributed by atoms with Crippen LogP contribution in [0, 0.1) is 5.92 Å². The van der Waals surface area contributed by atoms with E-state index in [1.807, 2.05) is 12.1 Å². The molecular formula is C12H15ClO2. The highest BCUT2D eigenvalue weighted by Gasteiger charge is 2.13. The number of alkyl halides is 1. The van der Waals surface area contributed by atoms with Crippen molar-refractivity contribution in [2.24, 2.45) is 5.92 Å². The zero-order valence-corrected chi connectivity index (χ0v) is 9.50. The fourth-order valence-electron chi connectivity index (χ4n) is 1.50. The van der Waals surface area contributed by atoms with E-state index < -0.39 is 0 Å². The summed E-state index contributed by atoms with van der Waals surface area (Å²) in [4.78, 5) is 11.3. The zero-order valence-electron chi connectivity index (χ0n) is 8.74. The van der Waals surface area contributed by atoms with E-state index in [4.69, 9.17) is 16.7 Å². The normalized spacial score (nSPS) is 12.4. The van der Waals surface area contributed by atoms with Gasteiger partial charge in [-0.05, 0) is 37.5 Å². The van der Waals surface area contributed by atoms with Crippen LogP contribution in [-0.2, 0) is 11.2 Å². The SMILES string of the molecule is CC(=O)C(CCCl)Cc1ccc(O)cc1. The molecule has 0 saturated carbocycles. The van der Waals surface area contributed by atoms with Crippen LogP contribution < -0.4 is 0 Å². The topological polar surface area (TPSA) is 37.3 Å². The average Bonchev–Trinajstić information content (AvgIpc) is 2.20. The lowest BCUT2D eigenvalue weighted by molar-refractivity contribution is -0.120. The molecule has 1 N–H and O–H groups in total.